The number of amides is 1. The Morgan fingerprint density at radius 1 is 1.19 bits per heavy atom. The second-order valence-corrected chi connectivity index (χ2v) is 13.7. The maximum atomic E-state index is 13.7. The Morgan fingerprint density at radius 3 is 2.54 bits per heavy atom. The van der Waals surface area contributed by atoms with Gasteiger partial charge in [-0.15, -0.1) is 0 Å². The van der Waals surface area contributed by atoms with Crippen molar-refractivity contribution in [2.24, 2.45) is 5.92 Å². The van der Waals surface area contributed by atoms with Crippen LogP contribution in [0.3, 0.4) is 0 Å². The topological polar surface area (TPSA) is 93.5 Å². The Bertz CT molecular complexity index is 1270. The number of hydrogen-bond acceptors (Lipinski definition) is 5. The summed E-state index contributed by atoms with van der Waals surface area (Å²) < 4.78 is 63.4. The molecule has 0 unspecified atom stereocenters. The second-order valence-electron chi connectivity index (χ2n) is 11.8. The van der Waals surface area contributed by atoms with E-state index in [0.29, 0.717) is 24.9 Å². The number of nitrogens with zero attached hydrogens (tertiary/aromatic N) is 3. The van der Waals surface area contributed by atoms with E-state index in [1.54, 1.807) is 18.2 Å². The predicted octanol–water partition coefficient (Wildman–Crippen LogP) is 3.83. The minimum atomic E-state index is -3.87. The third kappa shape index (κ3) is 5.68. The lowest BCUT2D eigenvalue weighted by molar-refractivity contribution is -0.136. The maximum absolute atomic E-state index is 13.7. The Hall–Kier alpha value is -2.11. The SMILES string of the molecule is CC(C)(C)c1nc2cc(S(=O)(=O)N3CCO[C@H](C(=O)NC4CC4)C3)ccc2n1CC1CCC(F)(F)CC1. The van der Waals surface area contributed by atoms with Gasteiger partial charge in [-0.1, -0.05) is 20.8 Å². The van der Waals surface area contributed by atoms with Crippen LogP contribution in [0.5, 0.6) is 0 Å². The molecule has 1 N–H and O–H groups in total. The number of nitrogens with one attached hydrogen (secondary N) is 1. The number of morpholine rings is 1. The molecular weight excluding hydrogens is 502 g/mol. The van der Waals surface area contributed by atoms with Crippen LogP contribution in [0.25, 0.3) is 11.0 Å². The highest BCUT2D eigenvalue weighted by atomic mass is 32.2. The van der Waals surface area contributed by atoms with Gasteiger partial charge in [0, 0.05) is 43.9 Å². The van der Waals surface area contributed by atoms with E-state index >= 15 is 0 Å². The molecular formula is C26H36F2N4O4S. The minimum Gasteiger partial charge on any atom is -0.366 e. The van der Waals surface area contributed by atoms with Crippen LogP contribution in [-0.4, -0.2) is 65.9 Å². The van der Waals surface area contributed by atoms with Gasteiger partial charge in [0.1, 0.15) is 11.9 Å². The van der Waals surface area contributed by atoms with Gasteiger partial charge in [0.2, 0.25) is 15.9 Å². The maximum Gasteiger partial charge on any atom is 0.250 e. The molecule has 1 amide bonds. The number of benzene rings is 1. The van der Waals surface area contributed by atoms with Crippen molar-refractivity contribution in [2.75, 3.05) is 19.7 Å². The number of ether oxygens (including phenoxy) is 1. The van der Waals surface area contributed by atoms with Gasteiger partial charge in [0.15, 0.2) is 0 Å². The number of rotatable bonds is 6. The lowest BCUT2D eigenvalue weighted by Gasteiger charge is -2.31. The normalized spacial score (nSPS) is 23.9. The van der Waals surface area contributed by atoms with E-state index in [0.717, 1.165) is 24.2 Å². The first kappa shape index (κ1) is 26.5. The molecule has 5 rings (SSSR count). The summed E-state index contributed by atoms with van der Waals surface area (Å²) in [7, 11) is -3.87. The van der Waals surface area contributed by atoms with Gasteiger partial charge in [-0.3, -0.25) is 4.79 Å². The number of imidazole rings is 1. The largest absolute Gasteiger partial charge is 0.366 e. The number of carbonyl (C=O) groups excluding carboxylic acids is 1. The number of sulfonamides is 1. The van der Waals surface area contributed by atoms with Crippen LogP contribution in [0.2, 0.25) is 0 Å². The highest BCUT2D eigenvalue weighted by Gasteiger charge is 2.38. The molecule has 2 saturated carbocycles. The van der Waals surface area contributed by atoms with Crippen molar-refractivity contribution < 1.29 is 26.7 Å². The third-order valence-corrected chi connectivity index (χ3v) is 9.41. The molecule has 2 heterocycles. The Balaban J connectivity index is 1.40. The van der Waals surface area contributed by atoms with Gasteiger partial charge < -0.3 is 14.6 Å². The quantitative estimate of drug-likeness (QED) is 0.604. The summed E-state index contributed by atoms with van der Waals surface area (Å²) in [5, 5.41) is 2.88. The summed E-state index contributed by atoms with van der Waals surface area (Å²) in [4.78, 5) is 17.4. The number of carbonyl (C=O) groups is 1. The van der Waals surface area contributed by atoms with Gasteiger partial charge in [0.05, 0.1) is 22.5 Å². The summed E-state index contributed by atoms with van der Waals surface area (Å²) in [6.07, 6.45) is 1.76. The highest BCUT2D eigenvalue weighted by molar-refractivity contribution is 7.89. The molecule has 204 valence electrons. The molecule has 1 aliphatic heterocycles. The highest BCUT2D eigenvalue weighted by Crippen LogP contribution is 2.38. The summed E-state index contributed by atoms with van der Waals surface area (Å²) in [5.41, 5.74) is 1.04. The Morgan fingerprint density at radius 2 is 1.89 bits per heavy atom. The van der Waals surface area contributed by atoms with Crippen molar-refractivity contribution in [1.29, 1.82) is 0 Å². The van der Waals surface area contributed by atoms with Crippen molar-refractivity contribution in [3.8, 4) is 0 Å². The standard InChI is InChI=1S/C26H36F2N4O4S/c1-25(2,3)24-30-20-14-19(6-7-21(20)32(24)15-17-8-10-26(27,28)11-9-17)37(34,35)31-12-13-36-22(16-31)23(33)29-18-4-5-18/h6-7,14,17-18,22H,4-5,8-13,15-16H2,1-3H3,(H,29,33)/t22-/m0/s1. The first-order chi connectivity index (χ1) is 17.3. The monoisotopic (exact) mass is 538 g/mol. The molecule has 0 radical (unpaired) electrons. The zero-order valence-electron chi connectivity index (χ0n) is 21.7. The van der Waals surface area contributed by atoms with Crippen LogP contribution in [0.1, 0.15) is 65.1 Å². The molecule has 2 aromatic rings. The zero-order chi connectivity index (χ0) is 26.6. The van der Waals surface area contributed by atoms with Crippen LogP contribution in [0.4, 0.5) is 8.78 Å². The average molecular weight is 539 g/mol. The van der Waals surface area contributed by atoms with Crippen LogP contribution < -0.4 is 5.32 Å². The van der Waals surface area contributed by atoms with Crippen molar-refractivity contribution in [2.45, 2.75) is 94.2 Å². The Labute approximate surface area is 216 Å². The van der Waals surface area contributed by atoms with Gasteiger partial charge in [-0.2, -0.15) is 4.31 Å². The number of hydrogen-bond donors (Lipinski definition) is 1. The first-order valence-corrected chi connectivity index (χ1v) is 14.6. The van der Waals surface area contributed by atoms with E-state index in [-0.39, 0.29) is 60.7 Å². The van der Waals surface area contributed by atoms with Crippen molar-refractivity contribution >= 4 is 27.0 Å². The summed E-state index contributed by atoms with van der Waals surface area (Å²) >= 11 is 0. The summed E-state index contributed by atoms with van der Waals surface area (Å²) in [6.45, 7) is 6.97. The summed E-state index contributed by atoms with van der Waals surface area (Å²) in [6, 6.07) is 5.09. The molecule has 2 aliphatic carbocycles. The fourth-order valence-electron chi connectivity index (χ4n) is 5.24. The molecule has 0 bridgehead atoms. The fourth-order valence-corrected chi connectivity index (χ4v) is 6.69. The first-order valence-electron chi connectivity index (χ1n) is 13.1. The van der Waals surface area contributed by atoms with Gasteiger partial charge in [-0.05, 0) is 49.8 Å². The van der Waals surface area contributed by atoms with Crippen LogP contribution in [-0.2, 0) is 31.5 Å². The average Bonchev–Trinajstić information content (AvgIpc) is 3.58. The zero-order valence-corrected chi connectivity index (χ0v) is 22.5. The Kier molecular flexibility index (Phi) is 6.85. The molecule has 1 aromatic heterocycles. The predicted molar refractivity (Wildman–Crippen MR) is 135 cm³/mol. The van der Waals surface area contributed by atoms with Gasteiger partial charge >= 0.3 is 0 Å². The van der Waals surface area contributed by atoms with Crippen LogP contribution in [0, 0.1) is 5.92 Å². The molecule has 11 heteroatoms. The molecule has 1 aromatic carbocycles. The molecule has 1 saturated heterocycles. The summed E-state index contributed by atoms with van der Waals surface area (Å²) in [5.74, 6) is -1.93. The van der Waals surface area contributed by atoms with E-state index < -0.39 is 22.0 Å². The fraction of sp³-hybridized carbons (Fsp3) is 0.692. The van der Waals surface area contributed by atoms with Crippen molar-refractivity contribution in [1.82, 2.24) is 19.2 Å². The molecule has 8 nitrogen and oxygen atoms in total. The molecule has 3 fully saturated rings. The van der Waals surface area contributed by atoms with E-state index in [1.165, 1.54) is 4.31 Å². The molecule has 1 atom stereocenters. The smallest absolute Gasteiger partial charge is 0.250 e. The molecule has 3 aliphatic rings. The van der Waals surface area contributed by atoms with E-state index in [9.17, 15) is 22.0 Å². The van der Waals surface area contributed by atoms with Crippen molar-refractivity contribution in [3.63, 3.8) is 0 Å². The number of aromatic nitrogens is 2. The van der Waals surface area contributed by atoms with Crippen molar-refractivity contribution in [3.05, 3.63) is 24.0 Å². The third-order valence-electron chi connectivity index (χ3n) is 7.55. The second kappa shape index (κ2) is 9.57. The van der Waals surface area contributed by atoms with Crippen LogP contribution >= 0.6 is 0 Å². The number of alkyl halides is 2. The lowest BCUT2D eigenvalue weighted by atomic mass is 9.86. The van der Waals surface area contributed by atoms with Crippen LogP contribution in [0.15, 0.2) is 23.1 Å². The number of fused-ring (bicyclic) bond motifs is 1. The van der Waals surface area contributed by atoms with E-state index in [1.807, 2.05) is 20.8 Å². The van der Waals surface area contributed by atoms with E-state index in [4.69, 9.17) is 9.72 Å². The minimum absolute atomic E-state index is 0.0348. The van der Waals surface area contributed by atoms with E-state index in [2.05, 4.69) is 9.88 Å². The molecule has 0 spiro atoms. The van der Waals surface area contributed by atoms with Gasteiger partial charge in [-0.25, -0.2) is 22.2 Å². The molecule has 37 heavy (non-hydrogen) atoms. The lowest BCUT2D eigenvalue weighted by Crippen LogP contribution is -2.51. The number of halogens is 2. The van der Waals surface area contributed by atoms with Gasteiger partial charge in [0.25, 0.3) is 5.91 Å².